The lowest BCUT2D eigenvalue weighted by molar-refractivity contribution is -0.0918. The third-order valence-corrected chi connectivity index (χ3v) is 3.59. The minimum absolute atomic E-state index is 0.169. The second-order valence-corrected chi connectivity index (χ2v) is 6.10. The molecule has 1 atom stereocenters. The first-order valence-corrected chi connectivity index (χ1v) is 7.18. The monoisotopic (exact) mass is 254 g/mol. The quantitative estimate of drug-likeness (QED) is 0.413. The lowest BCUT2D eigenvalue weighted by Gasteiger charge is -2.26. The Labute approximate surface area is 113 Å². The lowest BCUT2D eigenvalue weighted by atomic mass is 9.77. The van der Waals surface area contributed by atoms with Crippen LogP contribution in [0.15, 0.2) is 0 Å². The van der Waals surface area contributed by atoms with Crippen molar-refractivity contribution in [3.05, 3.63) is 0 Å². The van der Waals surface area contributed by atoms with Gasteiger partial charge in [0.05, 0.1) is 0 Å². The van der Waals surface area contributed by atoms with E-state index >= 15 is 0 Å². The van der Waals surface area contributed by atoms with Crippen LogP contribution in [-0.4, -0.2) is 16.0 Å². The van der Waals surface area contributed by atoms with Crippen LogP contribution in [0.2, 0.25) is 0 Å². The zero-order valence-corrected chi connectivity index (χ0v) is 12.7. The Morgan fingerprint density at radius 1 is 0.944 bits per heavy atom. The van der Waals surface area contributed by atoms with E-state index in [9.17, 15) is 10.2 Å². The maximum Gasteiger partial charge on any atom is 0.225 e. The summed E-state index contributed by atoms with van der Waals surface area (Å²) in [4.78, 5) is 0. The largest absolute Gasteiger partial charge is 0.356 e. The number of hydrogen-bond acceptors (Lipinski definition) is 2. The highest BCUT2D eigenvalue weighted by Crippen LogP contribution is 2.30. The van der Waals surface area contributed by atoms with Crippen LogP contribution in [0.3, 0.4) is 0 Å². The van der Waals surface area contributed by atoms with Crippen LogP contribution in [0.1, 0.15) is 73.1 Å². The highest BCUT2D eigenvalue weighted by molar-refractivity contribution is 5.14. The van der Waals surface area contributed by atoms with Crippen LogP contribution in [0.4, 0.5) is 0 Å². The van der Waals surface area contributed by atoms with Crippen molar-refractivity contribution < 1.29 is 10.2 Å². The average molecular weight is 254 g/mol. The fourth-order valence-electron chi connectivity index (χ4n) is 1.82. The molecule has 0 spiro atoms. The van der Waals surface area contributed by atoms with Crippen LogP contribution in [-0.2, 0) is 0 Å². The summed E-state index contributed by atoms with van der Waals surface area (Å²) >= 11 is 0. The molecule has 0 saturated carbocycles. The molecule has 106 valence electrons. The van der Waals surface area contributed by atoms with Gasteiger partial charge in [-0.15, -0.1) is 0 Å². The van der Waals surface area contributed by atoms with Gasteiger partial charge in [0.1, 0.15) is 0 Å². The topological polar surface area (TPSA) is 40.5 Å². The van der Waals surface area contributed by atoms with Crippen molar-refractivity contribution in [1.82, 2.24) is 0 Å². The van der Waals surface area contributed by atoms with E-state index in [2.05, 4.69) is 39.5 Å². The first kappa shape index (κ1) is 17.5. The molecule has 0 rings (SSSR count). The summed E-state index contributed by atoms with van der Waals surface area (Å²) in [7, 11) is 0. The molecule has 0 fully saturated rings. The van der Waals surface area contributed by atoms with Gasteiger partial charge in [0.15, 0.2) is 0 Å². The lowest BCUT2D eigenvalue weighted by Crippen LogP contribution is -2.24. The Kier molecular flexibility index (Phi) is 7.59. The zero-order chi connectivity index (χ0) is 14.2. The standard InChI is InChI=1S/C16H30O2/c1-6-7-8-9-10-11-14(2)15(3,4)12-13-16(5,17)18/h14,17-18H,6-11H2,1-5H3. The predicted octanol–water partition coefficient (Wildman–Crippen LogP) is 3.71. The summed E-state index contributed by atoms with van der Waals surface area (Å²) in [5, 5.41) is 18.4. The van der Waals surface area contributed by atoms with Crippen LogP contribution < -0.4 is 0 Å². The van der Waals surface area contributed by atoms with E-state index < -0.39 is 5.79 Å². The van der Waals surface area contributed by atoms with Gasteiger partial charge in [-0.3, -0.25) is 0 Å². The molecule has 0 aromatic heterocycles. The Morgan fingerprint density at radius 3 is 2.00 bits per heavy atom. The van der Waals surface area contributed by atoms with Crippen molar-refractivity contribution in [3.63, 3.8) is 0 Å². The summed E-state index contributed by atoms with van der Waals surface area (Å²) in [6, 6.07) is 0. The van der Waals surface area contributed by atoms with E-state index in [1.165, 1.54) is 39.0 Å². The molecule has 2 nitrogen and oxygen atoms in total. The van der Waals surface area contributed by atoms with Gasteiger partial charge in [0.2, 0.25) is 5.79 Å². The predicted molar refractivity (Wildman–Crippen MR) is 76.9 cm³/mol. The fourth-order valence-corrected chi connectivity index (χ4v) is 1.82. The normalized spacial score (nSPS) is 13.9. The highest BCUT2D eigenvalue weighted by Gasteiger charge is 2.24. The Morgan fingerprint density at radius 2 is 1.50 bits per heavy atom. The third-order valence-electron chi connectivity index (χ3n) is 3.59. The van der Waals surface area contributed by atoms with E-state index in [0.29, 0.717) is 5.92 Å². The SMILES string of the molecule is CCCCCCCC(C)C(C)(C)C#CC(C)(O)O. The average Bonchev–Trinajstić information content (AvgIpc) is 2.25. The molecule has 0 bridgehead atoms. The number of aliphatic hydroxyl groups is 2. The van der Waals surface area contributed by atoms with Crippen molar-refractivity contribution >= 4 is 0 Å². The van der Waals surface area contributed by atoms with Gasteiger partial charge in [0.25, 0.3) is 0 Å². The molecule has 0 radical (unpaired) electrons. The molecule has 0 aliphatic rings. The summed E-state index contributed by atoms with van der Waals surface area (Å²) in [6.07, 6.45) is 7.60. The highest BCUT2D eigenvalue weighted by atomic mass is 16.5. The third kappa shape index (κ3) is 8.55. The van der Waals surface area contributed by atoms with Gasteiger partial charge in [0, 0.05) is 12.3 Å². The molecule has 0 amide bonds. The molecule has 2 heteroatoms. The second kappa shape index (κ2) is 7.81. The number of unbranched alkanes of at least 4 members (excludes halogenated alkanes) is 4. The van der Waals surface area contributed by atoms with E-state index in [4.69, 9.17) is 0 Å². The molecule has 0 heterocycles. The fraction of sp³-hybridized carbons (Fsp3) is 0.875. The van der Waals surface area contributed by atoms with Gasteiger partial charge in [-0.05, 0) is 32.1 Å². The molecular formula is C16H30O2. The van der Waals surface area contributed by atoms with Crippen LogP contribution in [0, 0.1) is 23.2 Å². The molecule has 0 aliphatic heterocycles. The van der Waals surface area contributed by atoms with Crippen LogP contribution in [0.5, 0.6) is 0 Å². The van der Waals surface area contributed by atoms with Gasteiger partial charge in [-0.2, -0.15) is 0 Å². The molecule has 0 aromatic carbocycles. The van der Waals surface area contributed by atoms with E-state index in [1.807, 2.05) is 0 Å². The molecular weight excluding hydrogens is 224 g/mol. The van der Waals surface area contributed by atoms with Gasteiger partial charge >= 0.3 is 0 Å². The van der Waals surface area contributed by atoms with Crippen molar-refractivity contribution in [3.8, 4) is 11.8 Å². The Bertz CT molecular complexity index is 276. The van der Waals surface area contributed by atoms with E-state index in [-0.39, 0.29) is 5.41 Å². The molecule has 1 unspecified atom stereocenters. The molecule has 2 N–H and O–H groups in total. The molecule has 0 saturated heterocycles. The summed E-state index contributed by atoms with van der Waals surface area (Å²) in [5.74, 6) is 4.11. The molecule has 0 aliphatic carbocycles. The minimum Gasteiger partial charge on any atom is -0.356 e. The van der Waals surface area contributed by atoms with Gasteiger partial charge < -0.3 is 10.2 Å². The van der Waals surface area contributed by atoms with Crippen molar-refractivity contribution in [2.75, 3.05) is 0 Å². The van der Waals surface area contributed by atoms with Crippen LogP contribution >= 0.6 is 0 Å². The Hall–Kier alpha value is -0.520. The van der Waals surface area contributed by atoms with Crippen molar-refractivity contribution in [2.45, 2.75) is 78.9 Å². The summed E-state index contributed by atoms with van der Waals surface area (Å²) < 4.78 is 0. The second-order valence-electron chi connectivity index (χ2n) is 6.10. The van der Waals surface area contributed by atoms with Gasteiger partial charge in [-0.25, -0.2) is 0 Å². The maximum absolute atomic E-state index is 9.22. The Balaban J connectivity index is 4.13. The number of rotatable bonds is 7. The molecule has 18 heavy (non-hydrogen) atoms. The first-order chi connectivity index (χ1) is 8.19. The van der Waals surface area contributed by atoms with Crippen molar-refractivity contribution in [1.29, 1.82) is 0 Å². The van der Waals surface area contributed by atoms with Crippen molar-refractivity contribution in [2.24, 2.45) is 11.3 Å². The van der Waals surface area contributed by atoms with Gasteiger partial charge in [-0.1, -0.05) is 51.9 Å². The van der Waals surface area contributed by atoms with Crippen LogP contribution in [0.25, 0.3) is 0 Å². The summed E-state index contributed by atoms with van der Waals surface area (Å²) in [5.41, 5.74) is -0.169. The summed E-state index contributed by atoms with van der Waals surface area (Å²) in [6.45, 7) is 9.86. The first-order valence-electron chi connectivity index (χ1n) is 7.18. The molecule has 0 aromatic rings. The van der Waals surface area contributed by atoms with E-state index in [0.717, 1.165) is 6.42 Å². The zero-order valence-electron chi connectivity index (χ0n) is 12.7. The maximum atomic E-state index is 9.22. The van der Waals surface area contributed by atoms with E-state index in [1.54, 1.807) is 0 Å². The minimum atomic E-state index is -1.88. The smallest absolute Gasteiger partial charge is 0.225 e. The number of hydrogen-bond donors (Lipinski definition) is 2.